The van der Waals surface area contributed by atoms with Gasteiger partial charge < -0.3 is 42.6 Å². The number of ether oxygens (including phenoxy) is 9. The lowest BCUT2D eigenvalue weighted by molar-refractivity contribution is -0.146. The van der Waals surface area contributed by atoms with Crippen molar-refractivity contribution in [2.45, 2.75) is 20.3 Å². The molecular formula is C34H36N2O13. The SMILES string of the molecule is CCOC(=O)COc1ccc(/C=C(/C#N)OC(=O)CCOCCOC(=O)/C(C#N)=C\c2ccc(OCC(=O)OCC)c(OC)c2)cc1OC. The third-order valence-electron chi connectivity index (χ3n) is 5.87. The molecule has 0 spiro atoms. The molecule has 0 heterocycles. The fourth-order valence-corrected chi connectivity index (χ4v) is 3.71. The van der Waals surface area contributed by atoms with Gasteiger partial charge >= 0.3 is 23.9 Å². The summed E-state index contributed by atoms with van der Waals surface area (Å²) in [5, 5.41) is 18.9. The van der Waals surface area contributed by atoms with E-state index >= 15 is 0 Å². The third kappa shape index (κ3) is 14.1. The Hall–Kier alpha value is -6.06. The molecule has 260 valence electrons. The number of nitrogens with zero attached hydrogens (tertiary/aromatic N) is 2. The van der Waals surface area contributed by atoms with Crippen molar-refractivity contribution >= 4 is 36.0 Å². The topological polar surface area (TPSA) is 199 Å². The molecule has 0 bridgehead atoms. The maximum absolute atomic E-state index is 12.4. The van der Waals surface area contributed by atoms with E-state index in [1.807, 2.05) is 0 Å². The Bertz CT molecular complexity index is 1600. The van der Waals surface area contributed by atoms with Crippen molar-refractivity contribution in [2.75, 3.05) is 60.5 Å². The molecule has 0 saturated heterocycles. The summed E-state index contributed by atoms with van der Waals surface area (Å²) in [6, 6.07) is 12.8. The first-order chi connectivity index (χ1) is 23.7. The van der Waals surface area contributed by atoms with E-state index in [1.165, 1.54) is 50.6 Å². The highest BCUT2D eigenvalue weighted by Crippen LogP contribution is 2.30. The standard InChI is InChI=1S/C34H36N2O13/c1-5-44-32(38)21-47-27-9-7-23(17-29(27)41-3)15-25(19-35)34(40)46-14-13-43-12-11-31(37)49-26(20-36)16-24-8-10-28(30(18-24)42-4)48-22-33(39)45-6-2/h7-10,15-18H,5-6,11-14,21-22H2,1-4H3/b25-15-,26-16-. The average molecular weight is 681 g/mol. The number of rotatable bonds is 20. The zero-order valence-electron chi connectivity index (χ0n) is 27.5. The van der Waals surface area contributed by atoms with Crippen molar-refractivity contribution in [3.63, 3.8) is 0 Å². The molecule has 2 aromatic rings. The maximum Gasteiger partial charge on any atom is 0.348 e. The highest BCUT2D eigenvalue weighted by Gasteiger charge is 2.14. The van der Waals surface area contributed by atoms with Crippen LogP contribution in [0.15, 0.2) is 47.7 Å². The van der Waals surface area contributed by atoms with Crippen molar-refractivity contribution in [1.82, 2.24) is 0 Å². The van der Waals surface area contributed by atoms with Crippen LogP contribution in [0.5, 0.6) is 23.0 Å². The summed E-state index contributed by atoms with van der Waals surface area (Å²) in [4.78, 5) is 47.7. The van der Waals surface area contributed by atoms with Gasteiger partial charge in [-0.05, 0) is 61.4 Å². The van der Waals surface area contributed by atoms with Gasteiger partial charge in [0.1, 0.15) is 24.3 Å². The number of hydrogen-bond donors (Lipinski definition) is 0. The molecule has 0 radical (unpaired) electrons. The summed E-state index contributed by atoms with van der Waals surface area (Å²) in [6.45, 7) is 2.77. The van der Waals surface area contributed by atoms with E-state index in [4.69, 9.17) is 42.6 Å². The molecule has 0 aliphatic rings. The second-order valence-corrected chi connectivity index (χ2v) is 9.27. The van der Waals surface area contributed by atoms with E-state index < -0.39 is 23.9 Å². The lowest BCUT2D eigenvalue weighted by Crippen LogP contribution is -2.15. The molecule has 0 aromatic heterocycles. The maximum atomic E-state index is 12.4. The highest BCUT2D eigenvalue weighted by atomic mass is 16.6. The summed E-state index contributed by atoms with van der Waals surface area (Å²) in [5.74, 6) is -1.93. The second-order valence-electron chi connectivity index (χ2n) is 9.27. The lowest BCUT2D eigenvalue weighted by Gasteiger charge is -2.11. The molecule has 15 heteroatoms. The number of methoxy groups -OCH3 is 2. The van der Waals surface area contributed by atoms with Crippen LogP contribution in [0.25, 0.3) is 12.2 Å². The normalized spacial score (nSPS) is 10.9. The second kappa shape index (κ2) is 21.7. The molecule has 0 aliphatic carbocycles. The highest BCUT2D eigenvalue weighted by molar-refractivity contribution is 5.98. The monoisotopic (exact) mass is 680 g/mol. The third-order valence-corrected chi connectivity index (χ3v) is 5.87. The molecule has 15 nitrogen and oxygen atoms in total. The summed E-state index contributed by atoms with van der Waals surface area (Å²) in [7, 11) is 2.79. The molecule has 0 amide bonds. The van der Waals surface area contributed by atoms with Gasteiger partial charge in [-0.15, -0.1) is 0 Å². The van der Waals surface area contributed by atoms with Crippen molar-refractivity contribution in [2.24, 2.45) is 0 Å². The molecular weight excluding hydrogens is 644 g/mol. The zero-order chi connectivity index (χ0) is 36.0. The number of carbonyl (C=O) groups excluding carboxylic acids is 4. The Labute approximate surface area is 283 Å². The lowest BCUT2D eigenvalue weighted by atomic mass is 10.1. The minimum atomic E-state index is -0.897. The van der Waals surface area contributed by atoms with Gasteiger partial charge in [0.2, 0.25) is 5.76 Å². The van der Waals surface area contributed by atoms with E-state index in [1.54, 1.807) is 38.1 Å². The number of esters is 4. The van der Waals surface area contributed by atoms with Crippen molar-refractivity contribution in [3.05, 3.63) is 58.9 Å². The predicted octanol–water partition coefficient (Wildman–Crippen LogP) is 3.55. The van der Waals surface area contributed by atoms with Crippen LogP contribution in [0, 0.1) is 22.7 Å². The van der Waals surface area contributed by atoms with E-state index in [0.717, 1.165) is 0 Å². The Kier molecular flexibility index (Phi) is 17.3. The van der Waals surface area contributed by atoms with Crippen LogP contribution < -0.4 is 18.9 Å². The quantitative estimate of drug-likeness (QED) is 0.0491. The average Bonchev–Trinajstić information content (AvgIpc) is 3.10. The molecule has 0 N–H and O–H groups in total. The molecule has 0 fully saturated rings. The van der Waals surface area contributed by atoms with Gasteiger partial charge in [-0.3, -0.25) is 4.79 Å². The van der Waals surface area contributed by atoms with Crippen LogP contribution in [0.2, 0.25) is 0 Å². The molecule has 2 aromatic carbocycles. The van der Waals surface area contributed by atoms with E-state index in [-0.39, 0.29) is 87.0 Å². The molecule has 0 aliphatic heterocycles. The van der Waals surface area contributed by atoms with Crippen LogP contribution in [0.4, 0.5) is 0 Å². The van der Waals surface area contributed by atoms with Gasteiger partial charge in [0.05, 0.1) is 47.1 Å². The van der Waals surface area contributed by atoms with Gasteiger partial charge in [-0.25, -0.2) is 14.4 Å². The zero-order valence-corrected chi connectivity index (χ0v) is 27.5. The summed E-state index contributed by atoms with van der Waals surface area (Å²) < 4.78 is 46.5. The van der Waals surface area contributed by atoms with Crippen LogP contribution in [0.1, 0.15) is 31.4 Å². The van der Waals surface area contributed by atoms with Gasteiger partial charge in [0.25, 0.3) is 0 Å². The first kappa shape index (κ1) is 39.1. The van der Waals surface area contributed by atoms with Gasteiger partial charge in [-0.1, -0.05) is 12.1 Å². The van der Waals surface area contributed by atoms with Gasteiger partial charge in [0.15, 0.2) is 36.2 Å². The fourth-order valence-electron chi connectivity index (χ4n) is 3.71. The number of allylic oxidation sites excluding steroid dienone is 1. The first-order valence-electron chi connectivity index (χ1n) is 14.8. The largest absolute Gasteiger partial charge is 0.493 e. The Morgan fingerprint density at radius 1 is 0.673 bits per heavy atom. The molecule has 0 unspecified atom stereocenters. The number of nitriles is 2. The summed E-state index contributed by atoms with van der Waals surface area (Å²) in [6.07, 6.45) is 2.41. The Balaban J connectivity index is 1.82. The predicted molar refractivity (Wildman–Crippen MR) is 170 cm³/mol. The summed E-state index contributed by atoms with van der Waals surface area (Å²) in [5.41, 5.74) is 0.605. The number of benzene rings is 2. The van der Waals surface area contributed by atoms with Crippen LogP contribution in [0.3, 0.4) is 0 Å². The minimum absolute atomic E-state index is 0.0800. The van der Waals surface area contributed by atoms with Crippen LogP contribution >= 0.6 is 0 Å². The first-order valence-corrected chi connectivity index (χ1v) is 14.8. The van der Waals surface area contributed by atoms with Crippen molar-refractivity contribution in [3.8, 4) is 35.1 Å². The van der Waals surface area contributed by atoms with E-state index in [0.29, 0.717) is 11.1 Å². The summed E-state index contributed by atoms with van der Waals surface area (Å²) >= 11 is 0. The fraction of sp³-hybridized carbons (Fsp3) is 0.353. The molecule has 49 heavy (non-hydrogen) atoms. The Morgan fingerprint density at radius 3 is 1.71 bits per heavy atom. The van der Waals surface area contributed by atoms with Gasteiger partial charge in [0, 0.05) is 0 Å². The minimum Gasteiger partial charge on any atom is -0.493 e. The van der Waals surface area contributed by atoms with Crippen molar-refractivity contribution in [1.29, 1.82) is 10.5 Å². The smallest absolute Gasteiger partial charge is 0.348 e. The Morgan fingerprint density at radius 2 is 1.22 bits per heavy atom. The van der Waals surface area contributed by atoms with Crippen LogP contribution in [-0.4, -0.2) is 84.3 Å². The van der Waals surface area contributed by atoms with E-state index in [9.17, 15) is 29.7 Å². The van der Waals surface area contributed by atoms with E-state index in [2.05, 4.69) is 0 Å². The molecule has 0 atom stereocenters. The van der Waals surface area contributed by atoms with Crippen LogP contribution in [-0.2, 0) is 42.9 Å². The number of carbonyl (C=O) groups is 4. The molecule has 0 saturated carbocycles. The van der Waals surface area contributed by atoms with Crippen molar-refractivity contribution < 1.29 is 61.8 Å². The molecule has 2 rings (SSSR count). The van der Waals surface area contributed by atoms with Gasteiger partial charge in [-0.2, -0.15) is 10.5 Å². The number of hydrogen-bond acceptors (Lipinski definition) is 15.